The van der Waals surface area contributed by atoms with Crippen LogP contribution in [0.25, 0.3) is 6.08 Å². The number of benzene rings is 2. The molecule has 0 unspecified atom stereocenters. The zero-order valence-corrected chi connectivity index (χ0v) is 18.2. The maximum Gasteiger partial charge on any atom is 0.268 e. The zero-order chi connectivity index (χ0) is 22.1. The lowest BCUT2D eigenvalue weighted by atomic mass is 10.2. The average Bonchev–Trinajstić information content (AvgIpc) is 3.31. The molecule has 160 valence electrons. The van der Waals surface area contributed by atoms with E-state index in [4.69, 9.17) is 9.47 Å². The quantitative estimate of drug-likeness (QED) is 0.492. The van der Waals surface area contributed by atoms with Crippen LogP contribution in [0.4, 0.5) is 0 Å². The molecule has 0 aliphatic rings. The van der Waals surface area contributed by atoms with Gasteiger partial charge in [-0.25, -0.2) is 0 Å². The third-order valence-corrected chi connectivity index (χ3v) is 5.21. The monoisotopic (exact) mass is 436 g/mol. The van der Waals surface area contributed by atoms with E-state index in [9.17, 15) is 9.59 Å². The van der Waals surface area contributed by atoms with Crippen molar-refractivity contribution in [3.05, 3.63) is 87.7 Å². The van der Waals surface area contributed by atoms with Crippen LogP contribution in [0.3, 0.4) is 0 Å². The van der Waals surface area contributed by atoms with Crippen LogP contribution in [0.2, 0.25) is 0 Å². The number of ether oxygens (including phenoxy) is 2. The molecule has 0 radical (unpaired) electrons. The highest BCUT2D eigenvalue weighted by Crippen LogP contribution is 2.18. The lowest BCUT2D eigenvalue weighted by Gasteiger charge is -2.13. The van der Waals surface area contributed by atoms with Gasteiger partial charge in [0, 0.05) is 22.5 Å². The standard InChI is InChI=1S/C24H24N2O4S/c1-3-30-22-9-5-4-7-18(22)16-25-24(28)21(15-20-8-6-14-31-20)26-23(27)17-10-12-19(29-2)13-11-17/h4-15H,3,16H2,1-2H3,(H,25,28)(H,26,27)/b21-15-. The van der Waals surface area contributed by atoms with Crippen LogP contribution >= 0.6 is 11.3 Å². The Morgan fingerprint density at radius 2 is 1.81 bits per heavy atom. The second kappa shape index (κ2) is 11.0. The van der Waals surface area contributed by atoms with Gasteiger partial charge in [0.05, 0.1) is 13.7 Å². The van der Waals surface area contributed by atoms with Crippen molar-refractivity contribution in [2.24, 2.45) is 0 Å². The molecule has 2 aromatic carbocycles. The minimum Gasteiger partial charge on any atom is -0.497 e. The summed E-state index contributed by atoms with van der Waals surface area (Å²) in [6, 6.07) is 18.0. The summed E-state index contributed by atoms with van der Waals surface area (Å²) in [6.07, 6.45) is 1.66. The Morgan fingerprint density at radius 3 is 2.48 bits per heavy atom. The number of methoxy groups -OCH3 is 1. The van der Waals surface area contributed by atoms with Crippen LogP contribution in [-0.2, 0) is 11.3 Å². The van der Waals surface area contributed by atoms with Gasteiger partial charge in [-0.05, 0) is 54.8 Å². The maximum absolute atomic E-state index is 12.9. The molecular weight excluding hydrogens is 412 g/mol. The van der Waals surface area contributed by atoms with Gasteiger partial charge >= 0.3 is 0 Å². The van der Waals surface area contributed by atoms with E-state index in [-0.39, 0.29) is 24.1 Å². The van der Waals surface area contributed by atoms with Crippen molar-refractivity contribution in [3.8, 4) is 11.5 Å². The van der Waals surface area contributed by atoms with Crippen molar-refractivity contribution in [2.45, 2.75) is 13.5 Å². The molecule has 1 aromatic heterocycles. The smallest absolute Gasteiger partial charge is 0.268 e. The lowest BCUT2D eigenvalue weighted by Crippen LogP contribution is -2.34. The Kier molecular flexibility index (Phi) is 7.84. The molecule has 0 bridgehead atoms. The molecule has 0 saturated carbocycles. The van der Waals surface area contributed by atoms with Crippen LogP contribution < -0.4 is 20.1 Å². The molecule has 7 heteroatoms. The summed E-state index contributed by atoms with van der Waals surface area (Å²) >= 11 is 1.48. The molecule has 3 rings (SSSR count). The molecule has 0 spiro atoms. The predicted molar refractivity (Wildman–Crippen MR) is 122 cm³/mol. The largest absolute Gasteiger partial charge is 0.497 e. The normalized spacial score (nSPS) is 11.0. The van der Waals surface area contributed by atoms with E-state index in [1.165, 1.54) is 11.3 Å². The Hall–Kier alpha value is -3.58. The number of carbonyl (C=O) groups excluding carboxylic acids is 2. The van der Waals surface area contributed by atoms with E-state index in [1.54, 1.807) is 37.5 Å². The highest BCUT2D eigenvalue weighted by molar-refractivity contribution is 7.10. The van der Waals surface area contributed by atoms with E-state index >= 15 is 0 Å². The van der Waals surface area contributed by atoms with Crippen molar-refractivity contribution in [1.82, 2.24) is 10.6 Å². The fraction of sp³-hybridized carbons (Fsp3) is 0.167. The molecule has 2 N–H and O–H groups in total. The Bertz CT molecular complexity index is 1040. The second-order valence-corrected chi connectivity index (χ2v) is 7.46. The van der Waals surface area contributed by atoms with Crippen molar-refractivity contribution in [2.75, 3.05) is 13.7 Å². The first-order valence-electron chi connectivity index (χ1n) is 9.80. The fourth-order valence-electron chi connectivity index (χ4n) is 2.83. The van der Waals surface area contributed by atoms with Gasteiger partial charge in [0.1, 0.15) is 17.2 Å². The zero-order valence-electron chi connectivity index (χ0n) is 17.4. The minimum atomic E-state index is -0.387. The van der Waals surface area contributed by atoms with Crippen LogP contribution in [0.15, 0.2) is 71.7 Å². The summed E-state index contributed by atoms with van der Waals surface area (Å²) in [5, 5.41) is 7.51. The molecule has 31 heavy (non-hydrogen) atoms. The summed E-state index contributed by atoms with van der Waals surface area (Å²) in [7, 11) is 1.56. The first kappa shape index (κ1) is 22.1. The van der Waals surface area contributed by atoms with Gasteiger partial charge in [0.2, 0.25) is 0 Å². The first-order chi connectivity index (χ1) is 15.1. The van der Waals surface area contributed by atoms with Crippen molar-refractivity contribution in [1.29, 1.82) is 0 Å². The number of thiophene rings is 1. The Balaban J connectivity index is 1.75. The summed E-state index contributed by atoms with van der Waals surface area (Å²) in [5.41, 5.74) is 1.44. The van der Waals surface area contributed by atoms with Gasteiger partial charge in [-0.3, -0.25) is 9.59 Å². The number of amides is 2. The van der Waals surface area contributed by atoms with Crippen LogP contribution in [-0.4, -0.2) is 25.5 Å². The minimum absolute atomic E-state index is 0.164. The van der Waals surface area contributed by atoms with Gasteiger partial charge in [-0.1, -0.05) is 24.3 Å². The number of hydrogen-bond acceptors (Lipinski definition) is 5. The summed E-state index contributed by atoms with van der Waals surface area (Å²) in [6.45, 7) is 2.72. The molecule has 0 aliphatic carbocycles. The van der Waals surface area contributed by atoms with Crippen molar-refractivity contribution in [3.63, 3.8) is 0 Å². The highest BCUT2D eigenvalue weighted by Gasteiger charge is 2.16. The van der Waals surface area contributed by atoms with Gasteiger partial charge in [-0.15, -0.1) is 11.3 Å². The molecule has 6 nitrogen and oxygen atoms in total. The molecule has 0 aliphatic heterocycles. The fourth-order valence-corrected chi connectivity index (χ4v) is 3.49. The molecular formula is C24H24N2O4S. The number of rotatable bonds is 9. The van der Waals surface area contributed by atoms with Gasteiger partial charge in [0.25, 0.3) is 11.8 Å². The van der Waals surface area contributed by atoms with Gasteiger partial charge < -0.3 is 20.1 Å². The summed E-state index contributed by atoms with van der Waals surface area (Å²) < 4.78 is 10.7. The molecule has 0 saturated heterocycles. The van der Waals surface area contributed by atoms with E-state index in [0.717, 1.165) is 16.2 Å². The highest BCUT2D eigenvalue weighted by atomic mass is 32.1. The third-order valence-electron chi connectivity index (χ3n) is 4.39. The van der Waals surface area contributed by atoms with Crippen LogP contribution in [0.5, 0.6) is 11.5 Å². The number of carbonyl (C=O) groups is 2. The van der Waals surface area contributed by atoms with E-state index in [2.05, 4.69) is 10.6 Å². The van der Waals surface area contributed by atoms with Crippen molar-refractivity contribution >= 4 is 29.2 Å². The van der Waals surface area contributed by atoms with E-state index in [0.29, 0.717) is 17.9 Å². The summed E-state index contributed by atoms with van der Waals surface area (Å²) in [5.74, 6) is 0.602. The van der Waals surface area contributed by atoms with Crippen LogP contribution in [0.1, 0.15) is 27.7 Å². The topological polar surface area (TPSA) is 76.7 Å². The van der Waals surface area contributed by atoms with Gasteiger partial charge in [0.15, 0.2) is 0 Å². The van der Waals surface area contributed by atoms with Crippen LogP contribution in [0, 0.1) is 0 Å². The molecule has 1 heterocycles. The Morgan fingerprint density at radius 1 is 1.03 bits per heavy atom. The lowest BCUT2D eigenvalue weighted by molar-refractivity contribution is -0.117. The number of hydrogen-bond donors (Lipinski definition) is 2. The second-order valence-electron chi connectivity index (χ2n) is 6.48. The van der Waals surface area contributed by atoms with Crippen molar-refractivity contribution < 1.29 is 19.1 Å². The molecule has 0 atom stereocenters. The Labute approximate surface area is 185 Å². The molecule has 3 aromatic rings. The molecule has 0 fully saturated rings. The SMILES string of the molecule is CCOc1ccccc1CNC(=O)/C(=C/c1cccs1)NC(=O)c1ccc(OC)cc1. The summed E-state index contributed by atoms with van der Waals surface area (Å²) in [4.78, 5) is 26.5. The molecule has 2 amide bonds. The third kappa shape index (κ3) is 6.20. The van der Waals surface area contributed by atoms with E-state index in [1.807, 2.05) is 48.7 Å². The maximum atomic E-state index is 12.9. The average molecular weight is 437 g/mol. The van der Waals surface area contributed by atoms with Gasteiger partial charge in [-0.2, -0.15) is 0 Å². The van der Waals surface area contributed by atoms with E-state index < -0.39 is 0 Å². The first-order valence-corrected chi connectivity index (χ1v) is 10.7. The predicted octanol–water partition coefficient (Wildman–Crippen LogP) is 4.24. The number of nitrogens with one attached hydrogen (secondary N) is 2. The number of para-hydroxylation sites is 1.